The molecule has 3 aromatic rings. The van der Waals surface area contributed by atoms with Crippen LogP contribution in [-0.2, 0) is 0 Å². The summed E-state index contributed by atoms with van der Waals surface area (Å²) in [7, 11) is 0. The number of aryl methyl sites for hydroxylation is 1. The zero-order chi connectivity index (χ0) is 14.8. The molecule has 1 aromatic heterocycles. The first kappa shape index (κ1) is 13.9. The molecule has 1 unspecified atom stereocenters. The van der Waals surface area contributed by atoms with Crippen molar-refractivity contribution >= 4 is 11.3 Å². The molecule has 4 heteroatoms. The fourth-order valence-electron chi connectivity index (χ4n) is 2.19. The Balaban J connectivity index is 1.96. The van der Waals surface area contributed by atoms with Gasteiger partial charge in [0.15, 0.2) is 0 Å². The van der Waals surface area contributed by atoms with Crippen molar-refractivity contribution in [1.82, 2.24) is 4.98 Å². The second-order valence-electron chi connectivity index (χ2n) is 4.78. The van der Waals surface area contributed by atoms with Gasteiger partial charge in [0.05, 0.1) is 5.69 Å². The number of aliphatic hydroxyl groups excluding tert-OH is 1. The average molecular weight is 299 g/mol. The number of hydrogen-bond donors (Lipinski definition) is 1. The summed E-state index contributed by atoms with van der Waals surface area (Å²) in [4.78, 5) is 5.54. The Morgan fingerprint density at radius 3 is 2.38 bits per heavy atom. The third kappa shape index (κ3) is 2.86. The molecule has 0 amide bonds. The van der Waals surface area contributed by atoms with E-state index in [1.54, 1.807) is 12.1 Å². The summed E-state index contributed by atoms with van der Waals surface area (Å²) in [6, 6.07) is 15.7. The van der Waals surface area contributed by atoms with E-state index in [4.69, 9.17) is 0 Å². The van der Waals surface area contributed by atoms with E-state index in [1.165, 1.54) is 23.5 Å². The van der Waals surface area contributed by atoms with Crippen LogP contribution in [0.1, 0.15) is 21.6 Å². The standard InChI is InChI=1S/C17H14FNOS/c1-11-15(12-7-9-14(18)10-8-12)19-17(21-11)16(20)13-5-3-2-4-6-13/h2-10,16,20H,1H3. The molecule has 0 aliphatic carbocycles. The van der Waals surface area contributed by atoms with Crippen LogP contribution in [0, 0.1) is 12.7 Å². The van der Waals surface area contributed by atoms with Gasteiger partial charge in [0.25, 0.3) is 0 Å². The molecule has 0 bridgehead atoms. The van der Waals surface area contributed by atoms with Crippen LogP contribution in [0.15, 0.2) is 54.6 Å². The Morgan fingerprint density at radius 2 is 1.71 bits per heavy atom. The van der Waals surface area contributed by atoms with Gasteiger partial charge in [-0.3, -0.25) is 0 Å². The predicted octanol–water partition coefficient (Wildman–Crippen LogP) is 4.34. The SMILES string of the molecule is Cc1sc(C(O)c2ccccc2)nc1-c1ccc(F)cc1. The number of nitrogens with zero attached hydrogens (tertiary/aromatic N) is 1. The first-order chi connectivity index (χ1) is 10.1. The molecule has 0 spiro atoms. The van der Waals surface area contributed by atoms with Crippen LogP contribution in [0.3, 0.4) is 0 Å². The summed E-state index contributed by atoms with van der Waals surface area (Å²) < 4.78 is 13.0. The molecule has 1 atom stereocenters. The monoisotopic (exact) mass is 299 g/mol. The number of aliphatic hydroxyl groups is 1. The summed E-state index contributed by atoms with van der Waals surface area (Å²) in [5, 5.41) is 11.1. The Hall–Kier alpha value is -2.04. The summed E-state index contributed by atoms with van der Waals surface area (Å²) in [6.07, 6.45) is -0.732. The van der Waals surface area contributed by atoms with Crippen LogP contribution < -0.4 is 0 Å². The molecule has 0 radical (unpaired) electrons. The highest BCUT2D eigenvalue weighted by Crippen LogP contribution is 2.32. The summed E-state index contributed by atoms with van der Waals surface area (Å²) in [5.74, 6) is -0.267. The molecule has 1 N–H and O–H groups in total. The minimum atomic E-state index is -0.732. The highest BCUT2D eigenvalue weighted by Gasteiger charge is 2.17. The van der Waals surface area contributed by atoms with Crippen molar-refractivity contribution in [3.63, 3.8) is 0 Å². The lowest BCUT2D eigenvalue weighted by atomic mass is 10.1. The molecule has 3 rings (SSSR count). The minimum Gasteiger partial charge on any atom is -0.381 e. The largest absolute Gasteiger partial charge is 0.381 e. The molecule has 0 saturated carbocycles. The molecule has 2 aromatic carbocycles. The maximum absolute atomic E-state index is 13.0. The number of thiazole rings is 1. The molecule has 0 saturated heterocycles. The van der Waals surface area contributed by atoms with Crippen LogP contribution >= 0.6 is 11.3 Å². The molecular weight excluding hydrogens is 285 g/mol. The zero-order valence-corrected chi connectivity index (χ0v) is 12.3. The van der Waals surface area contributed by atoms with Gasteiger partial charge in [0.2, 0.25) is 0 Å². The highest BCUT2D eigenvalue weighted by molar-refractivity contribution is 7.12. The molecule has 106 valence electrons. The van der Waals surface area contributed by atoms with Crippen LogP contribution in [0.2, 0.25) is 0 Å². The summed E-state index contributed by atoms with van der Waals surface area (Å²) in [6.45, 7) is 1.96. The van der Waals surface area contributed by atoms with Gasteiger partial charge in [-0.05, 0) is 36.8 Å². The molecule has 0 fully saturated rings. The lowest BCUT2D eigenvalue weighted by Gasteiger charge is -2.06. The highest BCUT2D eigenvalue weighted by atomic mass is 32.1. The van der Waals surface area contributed by atoms with Gasteiger partial charge in [-0.25, -0.2) is 9.37 Å². The van der Waals surface area contributed by atoms with Crippen LogP contribution in [0.25, 0.3) is 11.3 Å². The lowest BCUT2D eigenvalue weighted by Crippen LogP contribution is -1.98. The maximum atomic E-state index is 13.0. The van der Waals surface area contributed by atoms with Crippen molar-refractivity contribution in [2.75, 3.05) is 0 Å². The Labute approximate surface area is 126 Å². The number of hydrogen-bond acceptors (Lipinski definition) is 3. The number of rotatable bonds is 3. The number of aromatic nitrogens is 1. The number of halogens is 1. The van der Waals surface area contributed by atoms with E-state index in [2.05, 4.69) is 4.98 Å². The molecular formula is C17H14FNOS. The quantitative estimate of drug-likeness (QED) is 0.780. The van der Waals surface area contributed by atoms with Crippen molar-refractivity contribution < 1.29 is 9.50 Å². The van der Waals surface area contributed by atoms with Gasteiger partial charge in [-0.1, -0.05) is 30.3 Å². The van der Waals surface area contributed by atoms with Crippen LogP contribution in [0.4, 0.5) is 4.39 Å². The fourth-order valence-corrected chi connectivity index (χ4v) is 3.15. The van der Waals surface area contributed by atoms with E-state index < -0.39 is 6.10 Å². The van der Waals surface area contributed by atoms with Gasteiger partial charge < -0.3 is 5.11 Å². The van der Waals surface area contributed by atoms with E-state index in [0.29, 0.717) is 5.01 Å². The van der Waals surface area contributed by atoms with Gasteiger partial charge >= 0.3 is 0 Å². The fraction of sp³-hybridized carbons (Fsp3) is 0.118. The zero-order valence-electron chi connectivity index (χ0n) is 11.5. The van der Waals surface area contributed by atoms with Crippen LogP contribution in [0.5, 0.6) is 0 Å². The first-order valence-corrected chi connectivity index (χ1v) is 7.43. The normalized spacial score (nSPS) is 12.3. The molecule has 0 aliphatic heterocycles. The van der Waals surface area contributed by atoms with Crippen molar-refractivity contribution in [2.24, 2.45) is 0 Å². The van der Waals surface area contributed by atoms with Gasteiger partial charge in [0.1, 0.15) is 16.9 Å². The predicted molar refractivity (Wildman–Crippen MR) is 82.7 cm³/mol. The third-order valence-electron chi connectivity index (χ3n) is 3.28. The van der Waals surface area contributed by atoms with Crippen molar-refractivity contribution in [3.8, 4) is 11.3 Å². The van der Waals surface area contributed by atoms with E-state index in [1.807, 2.05) is 37.3 Å². The smallest absolute Gasteiger partial charge is 0.131 e. The second-order valence-corrected chi connectivity index (χ2v) is 6.01. The van der Waals surface area contributed by atoms with E-state index in [0.717, 1.165) is 21.7 Å². The van der Waals surface area contributed by atoms with Crippen molar-refractivity contribution in [2.45, 2.75) is 13.0 Å². The van der Waals surface area contributed by atoms with E-state index >= 15 is 0 Å². The Bertz CT molecular complexity index is 737. The topological polar surface area (TPSA) is 33.1 Å². The summed E-state index contributed by atoms with van der Waals surface area (Å²) >= 11 is 1.46. The third-order valence-corrected chi connectivity index (χ3v) is 4.30. The Morgan fingerprint density at radius 1 is 1.05 bits per heavy atom. The molecule has 0 aliphatic rings. The Kier molecular flexibility index (Phi) is 3.82. The average Bonchev–Trinajstić information content (AvgIpc) is 2.90. The number of benzene rings is 2. The first-order valence-electron chi connectivity index (χ1n) is 6.61. The van der Waals surface area contributed by atoms with Crippen molar-refractivity contribution in [1.29, 1.82) is 0 Å². The van der Waals surface area contributed by atoms with Gasteiger partial charge in [-0.15, -0.1) is 11.3 Å². The van der Waals surface area contributed by atoms with Crippen LogP contribution in [-0.4, -0.2) is 10.1 Å². The minimum absolute atomic E-state index is 0.267. The van der Waals surface area contributed by atoms with Gasteiger partial charge in [-0.2, -0.15) is 0 Å². The van der Waals surface area contributed by atoms with Crippen molar-refractivity contribution in [3.05, 3.63) is 75.9 Å². The van der Waals surface area contributed by atoms with Gasteiger partial charge in [0, 0.05) is 10.4 Å². The molecule has 21 heavy (non-hydrogen) atoms. The van der Waals surface area contributed by atoms with E-state index in [9.17, 15) is 9.50 Å². The lowest BCUT2D eigenvalue weighted by molar-refractivity contribution is 0.220. The molecule has 2 nitrogen and oxygen atoms in total. The second kappa shape index (κ2) is 5.76. The maximum Gasteiger partial charge on any atom is 0.131 e. The molecule has 1 heterocycles. The van der Waals surface area contributed by atoms with E-state index in [-0.39, 0.29) is 5.82 Å². The summed E-state index contributed by atoms with van der Waals surface area (Å²) in [5.41, 5.74) is 2.47.